The van der Waals surface area contributed by atoms with Crippen molar-refractivity contribution in [3.63, 3.8) is 0 Å². The molecule has 41 heavy (non-hydrogen) atoms. The van der Waals surface area contributed by atoms with Gasteiger partial charge in [0.05, 0.1) is 0 Å². The highest BCUT2D eigenvalue weighted by molar-refractivity contribution is 7.92. The summed E-state index contributed by atoms with van der Waals surface area (Å²) in [4.78, 5) is 3.71. The van der Waals surface area contributed by atoms with Crippen molar-refractivity contribution in [2.24, 2.45) is 0 Å². The molecule has 0 radical (unpaired) electrons. The van der Waals surface area contributed by atoms with Gasteiger partial charge in [-0.3, -0.25) is 0 Å². The molecule has 1 aliphatic rings. The van der Waals surface area contributed by atoms with Crippen molar-refractivity contribution >= 4 is 51.3 Å². The predicted octanol–water partition coefficient (Wildman–Crippen LogP) is 7.94. The second kappa shape index (κ2) is 10.6. The Balaban J connectivity index is 1.37. The third-order valence-electron chi connectivity index (χ3n) is 7.50. The molecule has 5 heteroatoms. The molecule has 1 aliphatic heterocycles. The summed E-state index contributed by atoms with van der Waals surface area (Å²) in [6.07, 6.45) is 0. The van der Waals surface area contributed by atoms with Crippen molar-refractivity contribution in [3.8, 4) is 11.1 Å². The number of rotatable bonds is 5. The van der Waals surface area contributed by atoms with E-state index in [1.54, 1.807) is 0 Å². The van der Waals surface area contributed by atoms with Crippen molar-refractivity contribution in [1.82, 2.24) is 0 Å². The van der Waals surface area contributed by atoms with E-state index in [9.17, 15) is 9.12 Å². The van der Waals surface area contributed by atoms with Gasteiger partial charge in [0.15, 0.2) is 16.9 Å². The quantitative estimate of drug-likeness (QED) is 0.157. The van der Waals surface area contributed by atoms with E-state index < -0.39 is 18.3 Å². The number of para-hydroxylation sites is 2. The van der Waals surface area contributed by atoms with Gasteiger partial charge in [-0.15, -0.1) is 0 Å². The Morgan fingerprint density at radius 3 is 1.71 bits per heavy atom. The van der Waals surface area contributed by atoms with Crippen LogP contribution in [0.2, 0.25) is 0 Å². The fourth-order valence-corrected chi connectivity index (χ4v) is 9.60. The number of hydrogen-bond acceptors (Lipinski definition) is 3. The third kappa shape index (κ3) is 4.42. The van der Waals surface area contributed by atoms with Gasteiger partial charge in [0.1, 0.15) is 11.4 Å². The summed E-state index contributed by atoms with van der Waals surface area (Å²) >= 11 is -1.35. The lowest BCUT2D eigenvalue weighted by atomic mass is 10.0. The van der Waals surface area contributed by atoms with Crippen LogP contribution >= 0.6 is 7.14 Å². The van der Waals surface area contributed by atoms with Crippen LogP contribution < -0.4 is 20.8 Å². The number of benzene rings is 6. The third-order valence-corrected chi connectivity index (χ3v) is 12.0. The highest BCUT2D eigenvalue weighted by atomic mass is 32.2. The van der Waals surface area contributed by atoms with E-state index in [4.69, 9.17) is 0 Å². The molecule has 0 bridgehead atoms. The van der Waals surface area contributed by atoms with Crippen LogP contribution in [0.25, 0.3) is 11.1 Å². The maximum absolute atomic E-state index is 15.0. The van der Waals surface area contributed by atoms with Gasteiger partial charge in [-0.1, -0.05) is 115 Å². The minimum absolute atomic E-state index is 0.754. The first-order chi connectivity index (χ1) is 20.1. The van der Waals surface area contributed by atoms with Crippen LogP contribution in [0.5, 0.6) is 0 Å². The molecule has 6 aromatic rings. The molecule has 1 heterocycles. The van der Waals surface area contributed by atoms with E-state index in [2.05, 4.69) is 23.1 Å². The minimum Gasteiger partial charge on any atom is -0.606 e. The van der Waals surface area contributed by atoms with Crippen LogP contribution in [-0.2, 0) is 15.7 Å². The molecule has 0 amide bonds. The SMILES string of the molecule is O=P(c1ccccc1)(c1ccccc1)c1cccc(-c2ccc3c(c2)[S+]([O-])c2ccccc2N3c2ccccc2)c1. The van der Waals surface area contributed by atoms with E-state index in [1.165, 1.54) is 0 Å². The zero-order chi connectivity index (χ0) is 27.8. The number of nitrogens with zero attached hydrogens (tertiary/aromatic N) is 1. The Bertz CT molecular complexity index is 1850. The fraction of sp³-hybridized carbons (Fsp3) is 0. The van der Waals surface area contributed by atoms with Crippen LogP contribution in [0.4, 0.5) is 17.1 Å². The molecule has 198 valence electrons. The minimum atomic E-state index is -3.12. The summed E-state index contributed by atoms with van der Waals surface area (Å²) < 4.78 is 28.9. The molecular weight excluding hydrogens is 541 g/mol. The molecule has 0 N–H and O–H groups in total. The largest absolute Gasteiger partial charge is 0.606 e. The van der Waals surface area contributed by atoms with E-state index in [-0.39, 0.29) is 0 Å². The first-order valence-corrected chi connectivity index (χ1v) is 16.3. The highest BCUT2D eigenvalue weighted by Crippen LogP contribution is 2.49. The van der Waals surface area contributed by atoms with Gasteiger partial charge in [-0.25, -0.2) is 0 Å². The molecule has 1 unspecified atom stereocenters. The summed E-state index contributed by atoms with van der Waals surface area (Å²) in [6, 6.07) is 51.5. The first-order valence-electron chi connectivity index (χ1n) is 13.5. The number of anilines is 3. The van der Waals surface area contributed by atoms with Gasteiger partial charge in [0.2, 0.25) is 0 Å². The van der Waals surface area contributed by atoms with Crippen molar-refractivity contribution in [1.29, 1.82) is 0 Å². The molecule has 0 spiro atoms. The van der Waals surface area contributed by atoms with E-state index >= 15 is 0 Å². The van der Waals surface area contributed by atoms with Gasteiger partial charge in [-0.05, 0) is 47.5 Å². The molecule has 3 nitrogen and oxygen atoms in total. The molecule has 0 fully saturated rings. The van der Waals surface area contributed by atoms with Crippen molar-refractivity contribution in [3.05, 3.63) is 158 Å². The monoisotopic (exact) mass is 567 g/mol. The summed E-state index contributed by atoms with van der Waals surface area (Å²) in [5.41, 5.74) is 4.69. The lowest BCUT2D eigenvalue weighted by Gasteiger charge is -2.33. The zero-order valence-electron chi connectivity index (χ0n) is 22.1. The topological polar surface area (TPSA) is 43.4 Å². The average Bonchev–Trinajstić information content (AvgIpc) is 3.06. The highest BCUT2D eigenvalue weighted by Gasteiger charge is 2.35. The molecule has 7 rings (SSSR count). The Hall–Kier alpha value is -4.34. The maximum Gasteiger partial charge on any atom is 0.183 e. The van der Waals surface area contributed by atoms with Gasteiger partial charge in [0.25, 0.3) is 0 Å². The zero-order valence-corrected chi connectivity index (χ0v) is 23.8. The van der Waals surface area contributed by atoms with Crippen LogP contribution in [-0.4, -0.2) is 4.55 Å². The summed E-state index contributed by atoms with van der Waals surface area (Å²) in [7, 11) is -3.12. The van der Waals surface area contributed by atoms with E-state index in [1.807, 2.05) is 140 Å². The molecule has 0 aromatic heterocycles. The fourth-order valence-electron chi connectivity index (χ4n) is 5.53. The summed E-state index contributed by atoms with van der Waals surface area (Å²) in [6.45, 7) is 0. The smallest absolute Gasteiger partial charge is 0.183 e. The van der Waals surface area contributed by atoms with Gasteiger partial charge in [0, 0.05) is 38.8 Å². The Labute approximate surface area is 243 Å². The van der Waals surface area contributed by atoms with Crippen LogP contribution in [0.15, 0.2) is 168 Å². The lowest BCUT2D eigenvalue weighted by Crippen LogP contribution is -2.25. The second-order valence-corrected chi connectivity index (χ2v) is 14.1. The lowest BCUT2D eigenvalue weighted by molar-refractivity contribution is 0.592. The van der Waals surface area contributed by atoms with Gasteiger partial charge in [-0.2, -0.15) is 0 Å². The summed E-state index contributed by atoms with van der Waals surface area (Å²) in [5, 5.41) is 2.36. The Kier molecular flexibility index (Phi) is 6.60. The van der Waals surface area contributed by atoms with Crippen LogP contribution in [0.1, 0.15) is 0 Å². The second-order valence-electron chi connectivity index (χ2n) is 9.92. The Morgan fingerprint density at radius 1 is 0.488 bits per heavy atom. The normalized spacial score (nSPS) is 14.3. The average molecular weight is 568 g/mol. The molecule has 0 saturated carbocycles. The summed E-state index contributed by atoms with van der Waals surface area (Å²) in [5.74, 6) is 0. The molecular formula is C36H26NO2PS. The van der Waals surface area contributed by atoms with E-state index in [0.717, 1.165) is 53.9 Å². The van der Waals surface area contributed by atoms with E-state index in [0.29, 0.717) is 0 Å². The Morgan fingerprint density at radius 2 is 1.02 bits per heavy atom. The van der Waals surface area contributed by atoms with Crippen molar-refractivity contribution in [2.75, 3.05) is 4.90 Å². The molecule has 6 aromatic carbocycles. The molecule has 0 aliphatic carbocycles. The standard InChI is InChI=1S/C36H26NO2PS/c38-40(30-16-6-2-7-17-30,31-18-8-3-9-19-31)32-20-12-13-27(25-32)28-23-24-34-36(26-28)41(39)35-22-11-10-21-33(35)37(34)29-14-4-1-5-15-29/h1-26H. The van der Waals surface area contributed by atoms with Crippen molar-refractivity contribution in [2.45, 2.75) is 9.79 Å². The van der Waals surface area contributed by atoms with Gasteiger partial charge >= 0.3 is 0 Å². The predicted molar refractivity (Wildman–Crippen MR) is 171 cm³/mol. The van der Waals surface area contributed by atoms with Crippen LogP contribution in [0.3, 0.4) is 0 Å². The molecule has 1 atom stereocenters. The van der Waals surface area contributed by atoms with Gasteiger partial charge < -0.3 is 14.0 Å². The first kappa shape index (κ1) is 25.6. The van der Waals surface area contributed by atoms with Crippen LogP contribution in [0, 0.1) is 0 Å². The maximum atomic E-state index is 15.0. The number of hydrogen-bond donors (Lipinski definition) is 0. The molecule has 0 saturated heterocycles. The van der Waals surface area contributed by atoms with Crippen molar-refractivity contribution < 1.29 is 9.12 Å². The number of fused-ring (bicyclic) bond motifs is 2.